The summed E-state index contributed by atoms with van der Waals surface area (Å²) in [6.07, 6.45) is 31.9. The summed E-state index contributed by atoms with van der Waals surface area (Å²) in [6, 6.07) is -1.22. The van der Waals surface area contributed by atoms with E-state index in [1.807, 2.05) is 6.08 Å². The Labute approximate surface area is 351 Å². The van der Waals surface area contributed by atoms with Gasteiger partial charge in [-0.15, -0.1) is 0 Å². The number of nitrogens with one attached hydrogen (secondary N) is 1. The molecule has 1 aliphatic heterocycles. The van der Waals surface area contributed by atoms with Gasteiger partial charge < -0.3 is 50.5 Å². The summed E-state index contributed by atoms with van der Waals surface area (Å²) >= 11 is 0. The van der Waals surface area contributed by atoms with Gasteiger partial charge in [-0.2, -0.15) is 0 Å². The van der Waals surface area contributed by atoms with Crippen molar-refractivity contribution in [2.24, 2.45) is 0 Å². The predicted molar refractivity (Wildman–Crippen MR) is 233 cm³/mol. The second kappa shape index (κ2) is 36.9. The summed E-state index contributed by atoms with van der Waals surface area (Å²) in [5, 5.41) is 75.4. The predicted octanol–water partition coefficient (Wildman–Crippen LogP) is 7.39. The highest BCUT2D eigenvalue weighted by molar-refractivity contribution is 5.81. The van der Waals surface area contributed by atoms with Gasteiger partial charge in [0.15, 0.2) is 6.29 Å². The number of carbonyl (C=O) groups excluding carboxylic acids is 1. The molecule has 1 rings (SSSR count). The van der Waals surface area contributed by atoms with Crippen molar-refractivity contribution in [2.45, 2.75) is 229 Å². The maximum atomic E-state index is 13.0. The van der Waals surface area contributed by atoms with Gasteiger partial charge in [0.1, 0.15) is 36.6 Å². The molecule has 9 atom stereocenters. The van der Waals surface area contributed by atoms with E-state index in [4.69, 9.17) is 9.47 Å². The Balaban J connectivity index is 2.53. The van der Waals surface area contributed by atoms with Crippen LogP contribution in [0.2, 0.25) is 0 Å². The molecule has 9 unspecified atom stereocenters. The summed E-state index contributed by atoms with van der Waals surface area (Å²) < 4.78 is 11.0. The Bertz CT molecular complexity index is 1080. The highest BCUT2D eigenvalue weighted by Crippen LogP contribution is 2.23. The SMILES string of the molecule is CCCCCCCC/C=C\C/C=C\CC(O)C(=O)NC(COC1OC(CO)C(O)C(O)C1O)C(O)C(O)CCC/C=C/CC/C=C/CCCCCCCCCCCC. The van der Waals surface area contributed by atoms with Gasteiger partial charge in [0.05, 0.1) is 25.4 Å². The van der Waals surface area contributed by atoms with E-state index >= 15 is 0 Å². The number of allylic oxidation sites excluding steroid dienone is 7. The highest BCUT2D eigenvalue weighted by Gasteiger charge is 2.44. The fourth-order valence-corrected chi connectivity index (χ4v) is 6.97. The fourth-order valence-electron chi connectivity index (χ4n) is 6.97. The molecular formula is C47H85NO10. The topological polar surface area (TPSA) is 189 Å². The second-order valence-corrected chi connectivity index (χ2v) is 16.1. The van der Waals surface area contributed by atoms with Crippen LogP contribution in [0.15, 0.2) is 48.6 Å². The number of unbranched alkanes of at least 4 members (excludes halogenated alkanes) is 18. The van der Waals surface area contributed by atoms with Crippen molar-refractivity contribution < 1.29 is 50.0 Å². The van der Waals surface area contributed by atoms with Crippen molar-refractivity contribution in [2.75, 3.05) is 13.2 Å². The van der Waals surface area contributed by atoms with Crippen molar-refractivity contribution >= 4 is 5.91 Å². The first-order valence-corrected chi connectivity index (χ1v) is 23.0. The molecule has 0 aliphatic carbocycles. The van der Waals surface area contributed by atoms with Crippen LogP contribution in [0, 0.1) is 0 Å². The molecule has 338 valence electrons. The normalized spacial score (nSPS) is 22.4. The van der Waals surface area contributed by atoms with Crippen molar-refractivity contribution in [1.82, 2.24) is 5.32 Å². The second-order valence-electron chi connectivity index (χ2n) is 16.1. The molecule has 0 saturated carbocycles. The standard InChI is InChI=1S/C47H85NO10/c1-3-5-7-9-11-13-15-17-18-19-20-21-22-23-25-26-28-30-32-34-39(50)42(52)38(37-57-47-45(55)44(54)43(53)41(36-49)58-47)48-46(56)40(51)35-33-31-29-27-24-16-14-12-10-8-6-4-2/h21-22,24,26-28,31,33,38-45,47,49-55H,3-20,23,25,29-30,32,34-37H2,1-2H3,(H,48,56)/b22-21+,27-24-,28-26+,33-31-. The first kappa shape index (κ1) is 54.1. The van der Waals surface area contributed by atoms with E-state index in [1.54, 1.807) is 6.08 Å². The Morgan fingerprint density at radius 3 is 1.66 bits per heavy atom. The fraction of sp³-hybridized carbons (Fsp3) is 0.809. The molecular weight excluding hydrogens is 739 g/mol. The molecule has 0 spiro atoms. The van der Waals surface area contributed by atoms with Crippen LogP contribution in [0.1, 0.15) is 174 Å². The molecule has 1 aliphatic rings. The number of rotatable bonds is 37. The zero-order valence-electron chi connectivity index (χ0n) is 36.3. The van der Waals surface area contributed by atoms with Crippen LogP contribution in [0.4, 0.5) is 0 Å². The molecule has 0 radical (unpaired) electrons. The molecule has 8 N–H and O–H groups in total. The van der Waals surface area contributed by atoms with Gasteiger partial charge in [0.25, 0.3) is 0 Å². The van der Waals surface area contributed by atoms with Crippen LogP contribution in [-0.4, -0.2) is 110 Å². The molecule has 58 heavy (non-hydrogen) atoms. The average Bonchev–Trinajstić information content (AvgIpc) is 3.22. The Morgan fingerprint density at radius 1 is 0.621 bits per heavy atom. The van der Waals surface area contributed by atoms with Crippen molar-refractivity contribution in [1.29, 1.82) is 0 Å². The minimum Gasteiger partial charge on any atom is -0.394 e. The number of ether oxygens (including phenoxy) is 2. The summed E-state index contributed by atoms with van der Waals surface area (Å²) in [5.74, 6) is -0.780. The van der Waals surface area contributed by atoms with Crippen LogP contribution >= 0.6 is 0 Å². The number of aliphatic hydroxyl groups excluding tert-OH is 7. The molecule has 0 aromatic carbocycles. The lowest BCUT2D eigenvalue weighted by molar-refractivity contribution is -0.303. The van der Waals surface area contributed by atoms with E-state index in [2.05, 4.69) is 55.6 Å². The Morgan fingerprint density at radius 2 is 1.10 bits per heavy atom. The number of hydrogen-bond donors (Lipinski definition) is 8. The van der Waals surface area contributed by atoms with Gasteiger partial charge in [-0.05, 0) is 64.2 Å². The lowest BCUT2D eigenvalue weighted by Crippen LogP contribution is -2.60. The summed E-state index contributed by atoms with van der Waals surface area (Å²) in [7, 11) is 0. The van der Waals surface area contributed by atoms with Gasteiger partial charge in [-0.1, -0.05) is 152 Å². The number of amides is 1. The van der Waals surface area contributed by atoms with Gasteiger partial charge in [0, 0.05) is 6.42 Å². The summed E-state index contributed by atoms with van der Waals surface area (Å²) in [5.41, 5.74) is 0. The van der Waals surface area contributed by atoms with Crippen LogP contribution in [0.5, 0.6) is 0 Å². The number of hydrogen-bond acceptors (Lipinski definition) is 10. The first-order valence-electron chi connectivity index (χ1n) is 23.0. The largest absolute Gasteiger partial charge is 0.394 e. The summed E-state index contributed by atoms with van der Waals surface area (Å²) in [4.78, 5) is 13.0. The third-order valence-electron chi connectivity index (χ3n) is 10.8. The van der Waals surface area contributed by atoms with E-state index in [-0.39, 0.29) is 12.8 Å². The van der Waals surface area contributed by atoms with Gasteiger partial charge in [-0.25, -0.2) is 0 Å². The Kier molecular flexibility index (Phi) is 34.4. The lowest BCUT2D eigenvalue weighted by Gasteiger charge is -2.40. The van der Waals surface area contributed by atoms with Crippen LogP contribution in [0.3, 0.4) is 0 Å². The number of carbonyl (C=O) groups is 1. The third-order valence-corrected chi connectivity index (χ3v) is 10.8. The lowest BCUT2D eigenvalue weighted by atomic mass is 9.99. The monoisotopic (exact) mass is 824 g/mol. The maximum Gasteiger partial charge on any atom is 0.249 e. The molecule has 11 heteroatoms. The van der Waals surface area contributed by atoms with E-state index in [0.29, 0.717) is 19.3 Å². The average molecular weight is 824 g/mol. The molecule has 0 bridgehead atoms. The van der Waals surface area contributed by atoms with Crippen molar-refractivity contribution in [3.8, 4) is 0 Å². The summed E-state index contributed by atoms with van der Waals surface area (Å²) in [6.45, 7) is 3.35. The minimum atomic E-state index is -1.68. The molecule has 1 heterocycles. The zero-order chi connectivity index (χ0) is 42.6. The molecule has 1 saturated heterocycles. The van der Waals surface area contributed by atoms with Crippen molar-refractivity contribution in [3.05, 3.63) is 48.6 Å². The number of aliphatic hydroxyl groups is 7. The molecule has 1 fully saturated rings. The molecule has 0 aromatic rings. The van der Waals surface area contributed by atoms with Gasteiger partial charge in [0.2, 0.25) is 5.91 Å². The highest BCUT2D eigenvalue weighted by atomic mass is 16.7. The van der Waals surface area contributed by atoms with Gasteiger partial charge in [-0.3, -0.25) is 4.79 Å². The minimum absolute atomic E-state index is 0.0392. The molecule has 0 aromatic heterocycles. The van der Waals surface area contributed by atoms with E-state index in [1.165, 1.54) is 103 Å². The molecule has 1 amide bonds. The van der Waals surface area contributed by atoms with E-state index in [0.717, 1.165) is 25.7 Å². The van der Waals surface area contributed by atoms with Crippen LogP contribution in [0.25, 0.3) is 0 Å². The van der Waals surface area contributed by atoms with Crippen molar-refractivity contribution in [3.63, 3.8) is 0 Å². The van der Waals surface area contributed by atoms with Gasteiger partial charge >= 0.3 is 0 Å². The maximum absolute atomic E-state index is 13.0. The zero-order valence-corrected chi connectivity index (χ0v) is 36.3. The van der Waals surface area contributed by atoms with E-state index in [9.17, 15) is 40.5 Å². The third kappa shape index (κ3) is 26.3. The van der Waals surface area contributed by atoms with Crippen LogP contribution in [-0.2, 0) is 14.3 Å². The Hall–Kier alpha value is -1.93. The molecule has 11 nitrogen and oxygen atoms in total. The first-order chi connectivity index (χ1) is 28.2. The smallest absolute Gasteiger partial charge is 0.249 e. The van der Waals surface area contributed by atoms with Crippen LogP contribution < -0.4 is 5.32 Å². The quantitative estimate of drug-likeness (QED) is 0.0232. The van der Waals surface area contributed by atoms with E-state index < -0.39 is 74.2 Å².